The minimum absolute atomic E-state index is 0.0689. The van der Waals surface area contributed by atoms with Gasteiger partial charge < -0.3 is 5.32 Å². The largest absolute Gasteiger partial charge is 0.346 e. The minimum atomic E-state index is -0.0807. The first-order chi connectivity index (χ1) is 9.47. The average molecular weight is 288 g/mol. The molecule has 0 saturated heterocycles. The van der Waals surface area contributed by atoms with Gasteiger partial charge in [0.05, 0.1) is 6.04 Å². The van der Waals surface area contributed by atoms with E-state index in [1.54, 1.807) is 0 Å². The van der Waals surface area contributed by atoms with Crippen LogP contribution in [-0.2, 0) is 0 Å². The molecule has 2 aromatic carbocycles. The highest BCUT2D eigenvalue weighted by atomic mass is 35.5. The lowest BCUT2D eigenvalue weighted by atomic mass is 10.0. The summed E-state index contributed by atoms with van der Waals surface area (Å²) >= 11 is 5.97. The first kappa shape index (κ1) is 14.6. The number of rotatable bonds is 3. The summed E-state index contributed by atoms with van der Waals surface area (Å²) in [6.07, 6.45) is 0. The molecule has 0 heterocycles. The minimum Gasteiger partial charge on any atom is -0.346 e. The van der Waals surface area contributed by atoms with Crippen molar-refractivity contribution in [1.29, 1.82) is 0 Å². The molecule has 0 radical (unpaired) electrons. The second-order valence-corrected chi connectivity index (χ2v) is 5.49. The van der Waals surface area contributed by atoms with E-state index in [9.17, 15) is 4.79 Å². The summed E-state index contributed by atoms with van der Waals surface area (Å²) in [5.74, 6) is -0.0689. The Morgan fingerprint density at radius 2 is 1.85 bits per heavy atom. The van der Waals surface area contributed by atoms with Gasteiger partial charge in [-0.3, -0.25) is 4.79 Å². The summed E-state index contributed by atoms with van der Waals surface area (Å²) in [5.41, 5.74) is 3.98. The van der Waals surface area contributed by atoms with E-state index in [0.29, 0.717) is 10.6 Å². The van der Waals surface area contributed by atoms with Crippen LogP contribution >= 0.6 is 11.6 Å². The zero-order valence-corrected chi connectivity index (χ0v) is 12.7. The zero-order chi connectivity index (χ0) is 14.7. The Morgan fingerprint density at radius 3 is 2.50 bits per heavy atom. The third kappa shape index (κ3) is 3.40. The molecular formula is C17H18ClNO. The quantitative estimate of drug-likeness (QED) is 0.888. The predicted molar refractivity (Wildman–Crippen MR) is 83.2 cm³/mol. The highest BCUT2D eigenvalue weighted by molar-refractivity contribution is 6.30. The van der Waals surface area contributed by atoms with Gasteiger partial charge in [-0.05, 0) is 61.7 Å². The molecule has 0 bridgehead atoms. The van der Waals surface area contributed by atoms with Crippen LogP contribution in [0.3, 0.4) is 0 Å². The lowest BCUT2D eigenvalue weighted by molar-refractivity contribution is 0.0940. The van der Waals surface area contributed by atoms with E-state index < -0.39 is 0 Å². The summed E-state index contributed by atoms with van der Waals surface area (Å²) in [4.78, 5) is 12.2. The molecule has 2 rings (SSSR count). The molecule has 0 aliphatic heterocycles. The SMILES string of the molecule is Cc1ccc(C(=O)NC(C)c2cccc(Cl)c2)cc1C. The van der Waals surface area contributed by atoms with Crippen LogP contribution in [0.4, 0.5) is 0 Å². The Balaban J connectivity index is 2.13. The van der Waals surface area contributed by atoms with Crippen molar-refractivity contribution >= 4 is 17.5 Å². The molecule has 1 N–H and O–H groups in total. The van der Waals surface area contributed by atoms with Gasteiger partial charge in [-0.2, -0.15) is 0 Å². The summed E-state index contributed by atoms with van der Waals surface area (Å²) in [5, 5.41) is 3.66. The van der Waals surface area contributed by atoms with Gasteiger partial charge in [-0.15, -0.1) is 0 Å². The molecular weight excluding hydrogens is 270 g/mol. The molecule has 0 spiro atoms. The number of carbonyl (C=O) groups excluding carboxylic acids is 1. The molecule has 0 saturated carbocycles. The number of carbonyl (C=O) groups is 1. The van der Waals surface area contributed by atoms with Crippen molar-refractivity contribution in [2.75, 3.05) is 0 Å². The fourth-order valence-corrected chi connectivity index (χ4v) is 2.22. The van der Waals surface area contributed by atoms with Gasteiger partial charge >= 0.3 is 0 Å². The topological polar surface area (TPSA) is 29.1 Å². The van der Waals surface area contributed by atoms with Crippen LogP contribution in [-0.4, -0.2) is 5.91 Å². The van der Waals surface area contributed by atoms with Gasteiger partial charge in [0.15, 0.2) is 0 Å². The van der Waals surface area contributed by atoms with E-state index in [4.69, 9.17) is 11.6 Å². The van der Waals surface area contributed by atoms with Crippen molar-refractivity contribution < 1.29 is 4.79 Å². The Bertz CT molecular complexity index is 637. The number of hydrogen-bond acceptors (Lipinski definition) is 1. The van der Waals surface area contributed by atoms with Crippen molar-refractivity contribution in [2.24, 2.45) is 0 Å². The third-order valence-electron chi connectivity index (χ3n) is 3.47. The lowest BCUT2D eigenvalue weighted by Crippen LogP contribution is -2.26. The summed E-state index contributed by atoms with van der Waals surface area (Å²) in [6.45, 7) is 5.99. The standard InChI is InChI=1S/C17H18ClNO/c1-11-7-8-15(9-12(11)2)17(20)19-13(3)14-5-4-6-16(18)10-14/h4-10,13H,1-3H3,(H,19,20). The number of hydrogen-bond donors (Lipinski definition) is 1. The molecule has 20 heavy (non-hydrogen) atoms. The predicted octanol–water partition coefficient (Wildman–Crippen LogP) is 4.45. The first-order valence-electron chi connectivity index (χ1n) is 6.61. The van der Waals surface area contributed by atoms with E-state index in [0.717, 1.165) is 11.1 Å². The van der Waals surface area contributed by atoms with Gasteiger partial charge in [-0.25, -0.2) is 0 Å². The number of nitrogens with one attached hydrogen (secondary N) is 1. The molecule has 1 unspecified atom stereocenters. The van der Waals surface area contributed by atoms with Crippen molar-refractivity contribution in [2.45, 2.75) is 26.8 Å². The molecule has 0 aliphatic carbocycles. The molecule has 2 aromatic rings. The Hall–Kier alpha value is -1.80. The van der Waals surface area contributed by atoms with Gasteiger partial charge in [0, 0.05) is 10.6 Å². The van der Waals surface area contributed by atoms with Crippen molar-refractivity contribution in [3.63, 3.8) is 0 Å². The van der Waals surface area contributed by atoms with Crippen LogP contribution < -0.4 is 5.32 Å². The van der Waals surface area contributed by atoms with Gasteiger partial charge in [0.2, 0.25) is 0 Å². The lowest BCUT2D eigenvalue weighted by Gasteiger charge is -2.15. The number of benzene rings is 2. The van der Waals surface area contributed by atoms with Crippen LogP contribution in [0.25, 0.3) is 0 Å². The Morgan fingerprint density at radius 1 is 1.10 bits per heavy atom. The van der Waals surface area contributed by atoms with E-state index >= 15 is 0 Å². The van der Waals surface area contributed by atoms with Crippen LogP contribution in [0.15, 0.2) is 42.5 Å². The van der Waals surface area contributed by atoms with E-state index in [1.807, 2.05) is 63.2 Å². The smallest absolute Gasteiger partial charge is 0.251 e. The fourth-order valence-electron chi connectivity index (χ4n) is 2.02. The van der Waals surface area contributed by atoms with E-state index in [2.05, 4.69) is 5.32 Å². The van der Waals surface area contributed by atoms with Crippen LogP contribution in [0.2, 0.25) is 5.02 Å². The van der Waals surface area contributed by atoms with Gasteiger partial charge in [0.25, 0.3) is 5.91 Å². The van der Waals surface area contributed by atoms with Crippen LogP contribution in [0.5, 0.6) is 0 Å². The van der Waals surface area contributed by atoms with E-state index in [1.165, 1.54) is 5.56 Å². The Kier molecular flexibility index (Phi) is 4.46. The molecule has 0 aromatic heterocycles. The molecule has 0 aliphatic rings. The first-order valence-corrected chi connectivity index (χ1v) is 6.99. The second kappa shape index (κ2) is 6.10. The highest BCUT2D eigenvalue weighted by Crippen LogP contribution is 2.18. The second-order valence-electron chi connectivity index (χ2n) is 5.05. The average Bonchev–Trinajstić information content (AvgIpc) is 2.41. The van der Waals surface area contributed by atoms with E-state index in [-0.39, 0.29) is 11.9 Å². The molecule has 1 atom stereocenters. The summed E-state index contributed by atoms with van der Waals surface area (Å²) in [7, 11) is 0. The molecule has 3 heteroatoms. The monoisotopic (exact) mass is 287 g/mol. The Labute approximate surface area is 124 Å². The normalized spacial score (nSPS) is 12.0. The number of halogens is 1. The van der Waals surface area contributed by atoms with Crippen molar-refractivity contribution in [1.82, 2.24) is 5.32 Å². The maximum absolute atomic E-state index is 12.2. The van der Waals surface area contributed by atoms with Crippen LogP contribution in [0, 0.1) is 13.8 Å². The highest BCUT2D eigenvalue weighted by Gasteiger charge is 2.12. The summed E-state index contributed by atoms with van der Waals surface area (Å²) < 4.78 is 0. The third-order valence-corrected chi connectivity index (χ3v) is 3.70. The van der Waals surface area contributed by atoms with Crippen molar-refractivity contribution in [3.8, 4) is 0 Å². The number of amides is 1. The summed E-state index contributed by atoms with van der Waals surface area (Å²) in [6, 6.07) is 13.2. The molecule has 2 nitrogen and oxygen atoms in total. The molecule has 0 fully saturated rings. The van der Waals surface area contributed by atoms with Gasteiger partial charge in [-0.1, -0.05) is 29.8 Å². The maximum Gasteiger partial charge on any atom is 0.251 e. The zero-order valence-electron chi connectivity index (χ0n) is 11.9. The molecule has 104 valence electrons. The van der Waals surface area contributed by atoms with Gasteiger partial charge in [0.1, 0.15) is 0 Å². The molecule has 1 amide bonds. The van der Waals surface area contributed by atoms with Crippen molar-refractivity contribution in [3.05, 3.63) is 69.7 Å². The number of aryl methyl sites for hydroxylation is 2. The van der Waals surface area contributed by atoms with Crippen LogP contribution in [0.1, 0.15) is 40.0 Å². The maximum atomic E-state index is 12.2. The fraction of sp³-hybridized carbons (Fsp3) is 0.235.